The monoisotopic (exact) mass is 464 g/mol. The number of aliphatic imine (C=N–C) groups is 1. The van der Waals surface area contributed by atoms with Crippen LogP contribution in [0.2, 0.25) is 0 Å². The summed E-state index contributed by atoms with van der Waals surface area (Å²) in [5, 5.41) is 23.6. The average molecular weight is 465 g/mol. The van der Waals surface area contributed by atoms with Crippen LogP contribution in [-0.2, 0) is 16.6 Å². The van der Waals surface area contributed by atoms with Gasteiger partial charge in [0.15, 0.2) is 0 Å². The summed E-state index contributed by atoms with van der Waals surface area (Å²) in [6, 6.07) is 8.13. The number of carbonyl (C=O) groups excluding carboxylic acids is 1. The van der Waals surface area contributed by atoms with Gasteiger partial charge >= 0.3 is 0 Å². The van der Waals surface area contributed by atoms with Crippen molar-refractivity contribution in [2.24, 2.45) is 17.1 Å². The fourth-order valence-electron chi connectivity index (χ4n) is 3.20. The van der Waals surface area contributed by atoms with Gasteiger partial charge in [0.05, 0.1) is 18.0 Å². The van der Waals surface area contributed by atoms with Crippen molar-refractivity contribution in [3.63, 3.8) is 0 Å². The molecule has 180 valence electrons. The SMILES string of the molecule is CC(=NN(C=CC=O)c1cnn(C)c1)C(C)c1cccc(C2=NCC(OCC(C)(C)O)=CN2)c1. The molecular formula is C25H32N6O3. The quantitative estimate of drug-likeness (QED) is 0.242. The number of hydrogen-bond donors (Lipinski definition) is 2. The molecule has 1 aromatic carbocycles. The Bertz CT molecular complexity index is 1120. The van der Waals surface area contributed by atoms with Crippen LogP contribution in [0.25, 0.3) is 0 Å². The first-order chi connectivity index (χ1) is 16.2. The predicted octanol–water partition coefficient (Wildman–Crippen LogP) is 3.10. The molecule has 9 nitrogen and oxygen atoms in total. The van der Waals surface area contributed by atoms with E-state index in [4.69, 9.17) is 9.84 Å². The molecule has 0 radical (unpaired) electrons. The third-order valence-corrected chi connectivity index (χ3v) is 5.19. The Morgan fingerprint density at radius 2 is 2.24 bits per heavy atom. The van der Waals surface area contributed by atoms with E-state index >= 15 is 0 Å². The number of aliphatic hydroxyl groups is 1. The summed E-state index contributed by atoms with van der Waals surface area (Å²) in [6.45, 7) is 8.05. The summed E-state index contributed by atoms with van der Waals surface area (Å²) in [5.41, 5.74) is 2.78. The van der Waals surface area contributed by atoms with Gasteiger partial charge in [-0.25, -0.2) is 5.01 Å². The molecule has 2 aromatic rings. The zero-order chi connectivity index (χ0) is 24.7. The number of benzene rings is 1. The molecule has 1 unspecified atom stereocenters. The molecule has 0 bridgehead atoms. The van der Waals surface area contributed by atoms with Crippen molar-refractivity contribution in [3.8, 4) is 0 Å². The van der Waals surface area contributed by atoms with Crippen LogP contribution in [0.15, 0.2) is 71.0 Å². The second-order valence-corrected chi connectivity index (χ2v) is 8.80. The fraction of sp³-hybridized carbons (Fsp3) is 0.360. The van der Waals surface area contributed by atoms with E-state index in [1.165, 1.54) is 6.08 Å². The number of anilines is 1. The molecule has 3 rings (SSSR count). The number of ether oxygens (including phenoxy) is 1. The Kier molecular flexibility index (Phi) is 8.01. The molecule has 0 saturated carbocycles. The Morgan fingerprint density at radius 1 is 1.44 bits per heavy atom. The minimum Gasteiger partial charge on any atom is -0.491 e. The topological polar surface area (TPSA) is 104 Å². The molecule has 2 heterocycles. The zero-order valence-corrected chi connectivity index (χ0v) is 20.3. The number of allylic oxidation sites excluding steroid dienone is 1. The highest BCUT2D eigenvalue weighted by molar-refractivity contribution is 6.00. The van der Waals surface area contributed by atoms with Crippen molar-refractivity contribution in [2.75, 3.05) is 18.2 Å². The number of carbonyl (C=O) groups is 1. The number of aryl methyl sites for hydroxylation is 1. The first kappa shape index (κ1) is 24.9. The van der Waals surface area contributed by atoms with Crippen molar-refractivity contribution in [1.82, 2.24) is 15.1 Å². The summed E-state index contributed by atoms with van der Waals surface area (Å²) in [7, 11) is 1.83. The third kappa shape index (κ3) is 6.89. The van der Waals surface area contributed by atoms with E-state index in [0.29, 0.717) is 18.6 Å². The number of amidine groups is 1. The van der Waals surface area contributed by atoms with Crippen molar-refractivity contribution >= 4 is 23.5 Å². The van der Waals surface area contributed by atoms with Crippen molar-refractivity contribution in [3.05, 3.63) is 72.0 Å². The molecule has 0 aliphatic carbocycles. The number of rotatable bonds is 10. The number of hydrogen-bond acceptors (Lipinski definition) is 8. The smallest absolute Gasteiger partial charge is 0.144 e. The predicted molar refractivity (Wildman–Crippen MR) is 134 cm³/mol. The summed E-state index contributed by atoms with van der Waals surface area (Å²) in [4.78, 5) is 15.4. The maximum atomic E-state index is 10.9. The van der Waals surface area contributed by atoms with Crippen LogP contribution in [0.3, 0.4) is 0 Å². The molecule has 1 aliphatic rings. The third-order valence-electron chi connectivity index (χ3n) is 5.19. The van der Waals surface area contributed by atoms with Gasteiger partial charge in [-0.3, -0.25) is 14.5 Å². The van der Waals surface area contributed by atoms with E-state index in [0.717, 1.165) is 28.4 Å². The fourth-order valence-corrected chi connectivity index (χ4v) is 3.20. The molecule has 0 spiro atoms. The maximum Gasteiger partial charge on any atom is 0.144 e. The largest absolute Gasteiger partial charge is 0.491 e. The molecular weight excluding hydrogens is 432 g/mol. The molecule has 1 aromatic heterocycles. The Balaban J connectivity index is 1.74. The van der Waals surface area contributed by atoms with Crippen LogP contribution in [0.1, 0.15) is 44.7 Å². The molecule has 2 N–H and O–H groups in total. The van der Waals surface area contributed by atoms with Gasteiger partial charge in [0.25, 0.3) is 0 Å². The van der Waals surface area contributed by atoms with Crippen LogP contribution in [-0.4, -0.2) is 51.5 Å². The highest BCUT2D eigenvalue weighted by Crippen LogP contribution is 2.22. The molecule has 0 amide bonds. The number of aldehydes is 1. The van der Waals surface area contributed by atoms with Crippen LogP contribution >= 0.6 is 0 Å². The first-order valence-corrected chi connectivity index (χ1v) is 11.1. The summed E-state index contributed by atoms with van der Waals surface area (Å²) < 4.78 is 7.30. The molecule has 0 saturated heterocycles. The van der Waals surface area contributed by atoms with Gasteiger partial charge in [0.1, 0.15) is 36.7 Å². The van der Waals surface area contributed by atoms with E-state index in [9.17, 15) is 9.90 Å². The average Bonchev–Trinajstić information content (AvgIpc) is 3.25. The molecule has 9 heteroatoms. The lowest BCUT2D eigenvalue weighted by molar-refractivity contribution is -0.104. The van der Waals surface area contributed by atoms with Crippen LogP contribution < -0.4 is 10.3 Å². The molecule has 1 aliphatic heterocycles. The second kappa shape index (κ2) is 10.9. The highest BCUT2D eigenvalue weighted by atomic mass is 16.5. The van der Waals surface area contributed by atoms with E-state index in [2.05, 4.69) is 34.5 Å². The van der Waals surface area contributed by atoms with Gasteiger partial charge < -0.3 is 15.2 Å². The normalized spacial score (nSPS) is 15.4. The van der Waals surface area contributed by atoms with Gasteiger partial charge in [-0.2, -0.15) is 10.2 Å². The van der Waals surface area contributed by atoms with Crippen molar-refractivity contribution in [2.45, 2.75) is 39.2 Å². The molecule has 1 atom stereocenters. The summed E-state index contributed by atoms with van der Waals surface area (Å²) in [5.74, 6) is 1.46. The van der Waals surface area contributed by atoms with Gasteiger partial charge in [0, 0.05) is 36.6 Å². The number of nitrogens with one attached hydrogen (secondary N) is 1. The van der Waals surface area contributed by atoms with Crippen molar-refractivity contribution < 1.29 is 14.6 Å². The summed E-state index contributed by atoms with van der Waals surface area (Å²) in [6.07, 6.45) is 9.03. The number of aromatic nitrogens is 2. The first-order valence-electron chi connectivity index (χ1n) is 11.1. The van der Waals surface area contributed by atoms with Gasteiger partial charge in [-0.15, -0.1) is 0 Å². The summed E-state index contributed by atoms with van der Waals surface area (Å²) >= 11 is 0. The van der Waals surface area contributed by atoms with E-state index in [-0.39, 0.29) is 12.5 Å². The van der Waals surface area contributed by atoms with E-state index in [1.54, 1.807) is 42.1 Å². The van der Waals surface area contributed by atoms with Crippen LogP contribution in [0.4, 0.5) is 5.69 Å². The Hall–Kier alpha value is -3.72. The van der Waals surface area contributed by atoms with E-state index < -0.39 is 5.60 Å². The Morgan fingerprint density at radius 3 is 2.85 bits per heavy atom. The minimum absolute atomic E-state index is 0.0224. The van der Waals surface area contributed by atoms with Gasteiger partial charge in [-0.1, -0.05) is 25.1 Å². The minimum atomic E-state index is -0.898. The van der Waals surface area contributed by atoms with Crippen LogP contribution in [0.5, 0.6) is 0 Å². The highest BCUT2D eigenvalue weighted by Gasteiger charge is 2.17. The van der Waals surface area contributed by atoms with E-state index in [1.807, 2.05) is 32.3 Å². The number of hydrazone groups is 1. The van der Waals surface area contributed by atoms with Gasteiger partial charge in [0.2, 0.25) is 0 Å². The van der Waals surface area contributed by atoms with Crippen LogP contribution in [0, 0.1) is 0 Å². The van der Waals surface area contributed by atoms with Crippen molar-refractivity contribution in [1.29, 1.82) is 0 Å². The second-order valence-electron chi connectivity index (χ2n) is 8.80. The zero-order valence-electron chi connectivity index (χ0n) is 20.3. The maximum absolute atomic E-state index is 10.9. The molecule has 34 heavy (non-hydrogen) atoms. The van der Waals surface area contributed by atoms with Gasteiger partial charge in [-0.05, 0) is 38.5 Å². The standard InChI is InChI=1S/C25H32N6O3/c1-18(19(2)29-31(10-7-11-32)22-13-28-30(5)16-22)20-8-6-9-21(12-20)24-26-14-23(15-27-24)34-17-25(3,4)33/h6-14,16,18,33H,15,17H2,1-5H3,(H,26,27). The molecule has 0 fully saturated rings. The lowest BCUT2D eigenvalue weighted by Gasteiger charge is -2.21. The lowest BCUT2D eigenvalue weighted by atomic mass is 9.95. The lowest BCUT2D eigenvalue weighted by Crippen LogP contribution is -2.29. The number of nitrogens with zero attached hydrogens (tertiary/aromatic N) is 5. The Labute approximate surface area is 200 Å².